The second-order valence-electron chi connectivity index (χ2n) is 5.08. The van der Waals surface area contributed by atoms with Crippen molar-refractivity contribution in [1.82, 2.24) is 0 Å². The number of thioether (sulfide) groups is 2. The summed E-state index contributed by atoms with van der Waals surface area (Å²) in [6.07, 6.45) is 0. The van der Waals surface area contributed by atoms with Crippen molar-refractivity contribution in [3.63, 3.8) is 0 Å². The van der Waals surface area contributed by atoms with E-state index in [1.165, 1.54) is 4.53 Å². The molecule has 0 aliphatic rings. The molecule has 0 bridgehead atoms. The van der Waals surface area contributed by atoms with Crippen molar-refractivity contribution in [2.75, 3.05) is 24.7 Å². The first-order chi connectivity index (χ1) is 9.26. The Morgan fingerprint density at radius 1 is 0.950 bits per heavy atom. The van der Waals surface area contributed by atoms with Crippen LogP contribution in [0.4, 0.5) is 0 Å². The zero-order chi connectivity index (χ0) is 15.8. The van der Waals surface area contributed by atoms with E-state index in [1.54, 1.807) is 23.5 Å². The third-order valence-corrected chi connectivity index (χ3v) is 11.4. The number of rotatable bonds is 10. The van der Waals surface area contributed by atoms with Crippen molar-refractivity contribution >= 4 is 39.2 Å². The summed E-state index contributed by atoms with van der Waals surface area (Å²) in [5.74, 6) is 1.85. The fraction of sp³-hybridized carbons (Fsp3) is 0.846. The molecule has 0 fully saturated rings. The van der Waals surface area contributed by atoms with Crippen LogP contribution in [0.1, 0.15) is 27.7 Å². The molecule has 0 N–H and O–H groups in total. The molecule has 3 nitrogen and oxygen atoms in total. The Bertz CT molecular complexity index is 357. The molecule has 0 aromatic rings. The van der Waals surface area contributed by atoms with Gasteiger partial charge in [0.25, 0.3) is 0 Å². The van der Waals surface area contributed by atoms with Crippen LogP contribution in [0.3, 0.4) is 0 Å². The maximum atomic E-state index is 13.2. The highest BCUT2D eigenvalue weighted by Crippen LogP contribution is 2.63. The van der Waals surface area contributed by atoms with Crippen molar-refractivity contribution in [2.24, 2.45) is 0 Å². The largest absolute Gasteiger partial charge is 0.367 e. The van der Waals surface area contributed by atoms with Gasteiger partial charge in [0.05, 0.1) is 21.3 Å². The minimum atomic E-state index is -3.17. The van der Waals surface area contributed by atoms with Crippen molar-refractivity contribution in [3.05, 3.63) is 9.17 Å². The highest BCUT2D eigenvalue weighted by Gasteiger charge is 2.36. The molecule has 20 heavy (non-hydrogen) atoms. The van der Waals surface area contributed by atoms with Crippen LogP contribution in [0.25, 0.3) is 0 Å². The molecule has 0 aliphatic heterocycles. The average molecular weight is 357 g/mol. The second-order valence-corrected chi connectivity index (χ2v) is 15.3. The van der Waals surface area contributed by atoms with Gasteiger partial charge in [-0.3, -0.25) is 4.57 Å². The van der Waals surface area contributed by atoms with Crippen LogP contribution < -0.4 is 0 Å². The normalized spacial score (nSPS) is 14.3. The van der Waals surface area contributed by atoms with E-state index in [4.69, 9.17) is 9.05 Å². The maximum absolute atomic E-state index is 13.2. The van der Waals surface area contributed by atoms with Gasteiger partial charge in [0.1, 0.15) is 4.65 Å². The van der Waals surface area contributed by atoms with E-state index in [9.17, 15) is 4.57 Å². The number of hydrogen-bond acceptors (Lipinski definition) is 5. The summed E-state index contributed by atoms with van der Waals surface area (Å²) in [4.78, 5) is 0. The number of hydrogen-bond donors (Lipinski definition) is 0. The molecular formula is C13H29O3PS2Si. The third kappa shape index (κ3) is 6.28. The van der Waals surface area contributed by atoms with Crippen LogP contribution in [0.5, 0.6) is 0 Å². The predicted octanol–water partition coefficient (Wildman–Crippen LogP) is 5.81. The summed E-state index contributed by atoms with van der Waals surface area (Å²) in [5, 5.41) is 0. The zero-order valence-corrected chi connectivity index (χ0v) is 17.3. The van der Waals surface area contributed by atoms with Crippen molar-refractivity contribution in [1.29, 1.82) is 0 Å². The lowest BCUT2D eigenvalue weighted by Crippen LogP contribution is -2.24. The van der Waals surface area contributed by atoms with Gasteiger partial charge < -0.3 is 9.05 Å². The lowest BCUT2D eigenvalue weighted by Gasteiger charge is -2.28. The van der Waals surface area contributed by atoms with Crippen molar-refractivity contribution < 1.29 is 13.6 Å². The second kappa shape index (κ2) is 9.75. The molecule has 0 saturated carbocycles. The molecule has 0 radical (unpaired) electrons. The summed E-state index contributed by atoms with van der Waals surface area (Å²) in [7, 11) is -4.76. The highest BCUT2D eigenvalue weighted by molar-refractivity contribution is 8.13. The molecule has 0 aromatic carbocycles. The average Bonchev–Trinajstić information content (AvgIpc) is 2.33. The lowest BCUT2D eigenvalue weighted by atomic mass is 10.9. The minimum Gasteiger partial charge on any atom is -0.305 e. The third-order valence-electron chi connectivity index (χ3n) is 2.29. The summed E-state index contributed by atoms with van der Waals surface area (Å²) >= 11 is 3.42. The van der Waals surface area contributed by atoms with E-state index < -0.39 is 15.7 Å². The van der Waals surface area contributed by atoms with Crippen LogP contribution in [-0.4, -0.2) is 32.8 Å². The topological polar surface area (TPSA) is 35.5 Å². The molecule has 0 amide bonds. The van der Waals surface area contributed by atoms with Crippen molar-refractivity contribution in [3.8, 4) is 0 Å². The molecule has 0 heterocycles. The highest BCUT2D eigenvalue weighted by atomic mass is 32.2. The van der Waals surface area contributed by atoms with Crippen LogP contribution >= 0.6 is 31.1 Å². The minimum absolute atomic E-state index is 0.404. The quantitative estimate of drug-likeness (QED) is 0.365. The van der Waals surface area contributed by atoms with E-state index in [0.29, 0.717) is 13.2 Å². The van der Waals surface area contributed by atoms with Crippen molar-refractivity contribution in [2.45, 2.75) is 47.3 Å². The Labute approximate surface area is 134 Å². The Morgan fingerprint density at radius 3 is 1.70 bits per heavy atom. The first-order valence-corrected chi connectivity index (χ1v) is 14.2. The van der Waals surface area contributed by atoms with Crippen LogP contribution in [0, 0.1) is 0 Å². The van der Waals surface area contributed by atoms with Crippen LogP contribution in [-0.2, 0) is 13.6 Å². The molecule has 0 aliphatic carbocycles. The van der Waals surface area contributed by atoms with Gasteiger partial charge in [-0.2, -0.15) is 0 Å². The molecule has 0 spiro atoms. The van der Waals surface area contributed by atoms with E-state index in [1.807, 2.05) is 13.8 Å². The molecule has 7 heteroatoms. The fourth-order valence-electron chi connectivity index (χ4n) is 1.64. The van der Waals surface area contributed by atoms with E-state index in [0.717, 1.165) is 16.2 Å². The van der Waals surface area contributed by atoms with Gasteiger partial charge in [-0.25, -0.2) is 0 Å². The Balaban J connectivity index is 5.92. The lowest BCUT2D eigenvalue weighted by molar-refractivity contribution is 0.228. The summed E-state index contributed by atoms with van der Waals surface area (Å²) in [6.45, 7) is 15.6. The fourth-order valence-corrected chi connectivity index (χ4v) is 11.3. The molecule has 0 aromatic heterocycles. The van der Waals surface area contributed by atoms with E-state index >= 15 is 0 Å². The van der Waals surface area contributed by atoms with E-state index in [-0.39, 0.29) is 0 Å². The van der Waals surface area contributed by atoms with Gasteiger partial charge in [0.2, 0.25) is 0 Å². The maximum Gasteiger partial charge on any atom is 0.367 e. The predicted molar refractivity (Wildman–Crippen MR) is 97.5 cm³/mol. The van der Waals surface area contributed by atoms with E-state index in [2.05, 4.69) is 33.5 Å². The van der Waals surface area contributed by atoms with Crippen LogP contribution in [0.15, 0.2) is 9.17 Å². The van der Waals surface area contributed by atoms with Gasteiger partial charge >= 0.3 is 7.60 Å². The first-order valence-electron chi connectivity index (χ1n) is 7.16. The Kier molecular flexibility index (Phi) is 10.1. The molecule has 120 valence electrons. The molecule has 0 rings (SSSR count). The van der Waals surface area contributed by atoms with Gasteiger partial charge in [-0.15, -0.1) is 23.5 Å². The molecular weight excluding hydrogens is 327 g/mol. The monoisotopic (exact) mass is 356 g/mol. The van der Waals surface area contributed by atoms with Gasteiger partial charge in [0, 0.05) is 0 Å². The molecule has 0 unspecified atom stereocenters. The smallest absolute Gasteiger partial charge is 0.305 e. The molecule has 0 atom stereocenters. The Morgan fingerprint density at radius 2 is 1.40 bits per heavy atom. The SMILES string of the molecule is CCOP(=O)(OCC)/C(SCC)=C(/SCC)[Si](C)(C)C. The first kappa shape index (κ1) is 20.8. The summed E-state index contributed by atoms with van der Waals surface area (Å²) < 4.78 is 26.4. The Hall–Kier alpha value is 0.807. The zero-order valence-electron chi connectivity index (χ0n) is 13.8. The van der Waals surface area contributed by atoms with Crippen LogP contribution in [0.2, 0.25) is 19.6 Å². The van der Waals surface area contributed by atoms with Gasteiger partial charge in [-0.1, -0.05) is 33.5 Å². The molecule has 0 saturated heterocycles. The van der Waals surface area contributed by atoms with Gasteiger partial charge in [0.15, 0.2) is 0 Å². The standard InChI is InChI=1S/C13H29O3PS2Si/c1-8-15-17(14,16-9-2)12(18-10-3)13(19-11-4)20(5,6)7/h8-11H2,1-7H3/b13-12+. The van der Waals surface area contributed by atoms with Gasteiger partial charge in [-0.05, 0) is 29.9 Å². The summed E-state index contributed by atoms with van der Waals surface area (Å²) in [6, 6.07) is 0. The summed E-state index contributed by atoms with van der Waals surface area (Å²) in [5.41, 5.74) is 0.